The molecule has 1 atom stereocenters. The Labute approximate surface area is 143 Å². The van der Waals surface area contributed by atoms with Crippen LogP contribution in [0.15, 0.2) is 0 Å². The van der Waals surface area contributed by atoms with Crippen LogP contribution in [0.25, 0.3) is 0 Å². The zero-order valence-corrected chi connectivity index (χ0v) is 14.4. The highest BCUT2D eigenvalue weighted by Crippen LogP contribution is 2.26. The molecule has 0 bridgehead atoms. The molecule has 0 radical (unpaired) electrons. The molecule has 1 aliphatic carbocycles. The summed E-state index contributed by atoms with van der Waals surface area (Å²) in [5.41, 5.74) is 5.57. The van der Waals surface area contributed by atoms with Crippen molar-refractivity contribution in [1.29, 1.82) is 0 Å². The summed E-state index contributed by atoms with van der Waals surface area (Å²) in [6, 6.07) is 0.757. The number of anilines is 1. The van der Waals surface area contributed by atoms with Crippen LogP contribution >= 0.6 is 0 Å². The number of carbonyl (C=O) groups is 1. The first-order valence-electron chi connectivity index (χ1n) is 9.25. The zero-order valence-electron chi connectivity index (χ0n) is 14.4. The van der Waals surface area contributed by atoms with E-state index in [1.54, 1.807) is 0 Å². The first-order valence-corrected chi connectivity index (χ1v) is 9.25. The molecule has 2 heterocycles. The van der Waals surface area contributed by atoms with Gasteiger partial charge in [0.15, 0.2) is 0 Å². The monoisotopic (exact) mass is 335 g/mol. The summed E-state index contributed by atoms with van der Waals surface area (Å²) in [5, 5.41) is 13.7. The van der Waals surface area contributed by atoms with E-state index in [0.717, 1.165) is 19.1 Å². The highest BCUT2D eigenvalue weighted by molar-refractivity contribution is 5.75. The molecular formula is C16H29N7O. The molecule has 2 aliphatic rings. The molecule has 1 saturated carbocycles. The van der Waals surface area contributed by atoms with E-state index < -0.39 is 0 Å². The van der Waals surface area contributed by atoms with E-state index in [4.69, 9.17) is 5.73 Å². The fourth-order valence-corrected chi connectivity index (χ4v) is 3.93. The number of hydrogen-bond donors (Lipinski definition) is 2. The van der Waals surface area contributed by atoms with Gasteiger partial charge in [-0.2, -0.15) is 0 Å². The first-order chi connectivity index (χ1) is 11.7. The highest BCUT2D eigenvalue weighted by Gasteiger charge is 2.28. The van der Waals surface area contributed by atoms with Gasteiger partial charge in [0.2, 0.25) is 11.9 Å². The number of nitrogen functional groups attached to an aromatic ring is 1. The van der Waals surface area contributed by atoms with Crippen LogP contribution in [-0.2, 0) is 11.3 Å². The number of likely N-dealkylation sites (tertiary alicyclic amines) is 1. The van der Waals surface area contributed by atoms with Crippen LogP contribution in [0.3, 0.4) is 0 Å². The van der Waals surface area contributed by atoms with Crippen LogP contribution in [0.5, 0.6) is 0 Å². The molecule has 134 valence electrons. The molecule has 24 heavy (non-hydrogen) atoms. The minimum atomic E-state index is -0.0848. The van der Waals surface area contributed by atoms with Crippen LogP contribution in [0.1, 0.15) is 51.4 Å². The molecule has 1 aliphatic heterocycles. The Balaban J connectivity index is 1.39. The van der Waals surface area contributed by atoms with Crippen molar-refractivity contribution in [2.45, 2.75) is 64.0 Å². The highest BCUT2D eigenvalue weighted by atomic mass is 16.2. The molecule has 1 aromatic heterocycles. The second-order valence-electron chi connectivity index (χ2n) is 7.15. The zero-order chi connectivity index (χ0) is 16.8. The van der Waals surface area contributed by atoms with E-state index >= 15 is 0 Å². The maximum absolute atomic E-state index is 12.0. The third kappa shape index (κ3) is 4.66. The SMILES string of the molecule is Nc1nnnn1CC(=O)NC[C@H]1CCN(C2CCCCCCC2)C1. The average Bonchev–Trinajstić information content (AvgIpc) is 3.15. The molecule has 0 unspecified atom stereocenters. The molecule has 1 aromatic rings. The van der Waals surface area contributed by atoms with Crippen molar-refractivity contribution in [3.05, 3.63) is 0 Å². The van der Waals surface area contributed by atoms with E-state index in [1.807, 2.05) is 0 Å². The number of carbonyl (C=O) groups excluding carboxylic acids is 1. The van der Waals surface area contributed by atoms with Crippen molar-refractivity contribution in [3.63, 3.8) is 0 Å². The molecule has 8 heteroatoms. The second-order valence-corrected chi connectivity index (χ2v) is 7.15. The standard InChI is InChI=1S/C16H29N7O/c17-16-19-20-21-23(16)12-15(24)18-10-13-8-9-22(11-13)14-6-4-2-1-3-5-7-14/h13-14H,1-12H2,(H,18,24)(H2,17,19,21)/t13-/m1/s1. The summed E-state index contributed by atoms with van der Waals surface area (Å²) in [5.74, 6) is 0.630. The molecule has 3 N–H and O–H groups in total. The van der Waals surface area contributed by atoms with Crippen molar-refractivity contribution in [2.75, 3.05) is 25.4 Å². The number of nitrogens with two attached hydrogens (primary N) is 1. The van der Waals surface area contributed by atoms with Gasteiger partial charge in [-0.1, -0.05) is 37.2 Å². The van der Waals surface area contributed by atoms with Crippen LogP contribution in [0.4, 0.5) is 5.95 Å². The number of nitrogens with zero attached hydrogens (tertiary/aromatic N) is 5. The van der Waals surface area contributed by atoms with Crippen molar-refractivity contribution >= 4 is 11.9 Å². The van der Waals surface area contributed by atoms with Crippen molar-refractivity contribution in [1.82, 2.24) is 30.4 Å². The Kier molecular flexibility index (Phi) is 6.01. The van der Waals surface area contributed by atoms with Gasteiger partial charge in [-0.15, -0.1) is 0 Å². The molecule has 0 spiro atoms. The predicted octanol–water partition coefficient (Wildman–Crippen LogP) is 0.806. The smallest absolute Gasteiger partial charge is 0.241 e. The summed E-state index contributed by atoms with van der Waals surface area (Å²) in [7, 11) is 0. The predicted molar refractivity (Wildman–Crippen MR) is 91.0 cm³/mol. The van der Waals surface area contributed by atoms with Crippen molar-refractivity contribution in [3.8, 4) is 0 Å². The third-order valence-electron chi connectivity index (χ3n) is 5.35. The Hall–Kier alpha value is -1.70. The lowest BCUT2D eigenvalue weighted by Crippen LogP contribution is -2.36. The maximum Gasteiger partial charge on any atom is 0.241 e. The number of aromatic nitrogens is 4. The lowest BCUT2D eigenvalue weighted by atomic mass is 9.96. The van der Waals surface area contributed by atoms with Gasteiger partial charge in [0.1, 0.15) is 6.54 Å². The quantitative estimate of drug-likeness (QED) is 0.825. The van der Waals surface area contributed by atoms with E-state index in [-0.39, 0.29) is 18.4 Å². The topological polar surface area (TPSA) is 102 Å². The molecule has 1 saturated heterocycles. The summed E-state index contributed by atoms with van der Waals surface area (Å²) in [4.78, 5) is 14.6. The Bertz CT molecular complexity index is 524. The maximum atomic E-state index is 12.0. The van der Waals surface area contributed by atoms with Crippen LogP contribution in [-0.4, -0.2) is 56.7 Å². The van der Waals surface area contributed by atoms with Crippen LogP contribution in [0.2, 0.25) is 0 Å². The number of nitrogens with one attached hydrogen (secondary N) is 1. The Morgan fingerprint density at radius 2 is 1.92 bits per heavy atom. The number of tetrazole rings is 1. The van der Waals surface area contributed by atoms with Crippen LogP contribution in [0, 0.1) is 5.92 Å². The van der Waals surface area contributed by atoms with Gasteiger partial charge in [0.25, 0.3) is 0 Å². The second kappa shape index (κ2) is 8.41. The van der Waals surface area contributed by atoms with Gasteiger partial charge in [-0.05, 0) is 42.2 Å². The average molecular weight is 335 g/mol. The van der Waals surface area contributed by atoms with Gasteiger partial charge in [-0.3, -0.25) is 4.79 Å². The van der Waals surface area contributed by atoms with Gasteiger partial charge >= 0.3 is 0 Å². The van der Waals surface area contributed by atoms with E-state index in [2.05, 4.69) is 25.7 Å². The Morgan fingerprint density at radius 3 is 2.62 bits per heavy atom. The van der Waals surface area contributed by atoms with Crippen molar-refractivity contribution in [2.24, 2.45) is 5.92 Å². The summed E-state index contributed by atoms with van der Waals surface area (Å²) >= 11 is 0. The van der Waals surface area contributed by atoms with E-state index in [0.29, 0.717) is 5.92 Å². The number of hydrogen-bond acceptors (Lipinski definition) is 6. The molecule has 2 fully saturated rings. The lowest BCUT2D eigenvalue weighted by molar-refractivity contribution is -0.122. The fourth-order valence-electron chi connectivity index (χ4n) is 3.93. The summed E-state index contributed by atoms with van der Waals surface area (Å²) in [6.45, 7) is 3.09. The van der Waals surface area contributed by atoms with Gasteiger partial charge in [0.05, 0.1) is 0 Å². The molecular weight excluding hydrogens is 306 g/mol. The van der Waals surface area contributed by atoms with Gasteiger partial charge in [0, 0.05) is 19.1 Å². The number of rotatable bonds is 5. The number of amides is 1. The van der Waals surface area contributed by atoms with Gasteiger partial charge < -0.3 is 16.0 Å². The minimum Gasteiger partial charge on any atom is -0.367 e. The molecule has 0 aromatic carbocycles. The Morgan fingerprint density at radius 1 is 1.17 bits per heavy atom. The summed E-state index contributed by atoms with van der Waals surface area (Å²) < 4.78 is 1.31. The normalized spacial score (nSPS) is 23.8. The fraction of sp³-hybridized carbons (Fsp3) is 0.875. The molecule has 8 nitrogen and oxygen atoms in total. The summed E-state index contributed by atoms with van der Waals surface area (Å²) in [6.07, 6.45) is 10.8. The van der Waals surface area contributed by atoms with Gasteiger partial charge in [-0.25, -0.2) is 4.68 Å². The van der Waals surface area contributed by atoms with Crippen molar-refractivity contribution < 1.29 is 4.79 Å². The van der Waals surface area contributed by atoms with Crippen LogP contribution < -0.4 is 11.1 Å². The molecule has 3 rings (SSSR count). The largest absolute Gasteiger partial charge is 0.367 e. The molecule has 1 amide bonds. The third-order valence-corrected chi connectivity index (χ3v) is 5.35. The van der Waals surface area contributed by atoms with E-state index in [9.17, 15) is 4.79 Å². The first kappa shape index (κ1) is 17.1. The minimum absolute atomic E-state index is 0.0812. The van der Waals surface area contributed by atoms with E-state index in [1.165, 1.54) is 62.6 Å². The lowest BCUT2D eigenvalue weighted by Gasteiger charge is -2.29.